The van der Waals surface area contributed by atoms with Crippen LogP contribution in [0, 0.1) is 0 Å². The minimum Gasteiger partial charge on any atom is -0.463 e. The third-order valence-corrected chi connectivity index (χ3v) is 3.46. The fraction of sp³-hybridized carbons (Fsp3) is 0.250. The summed E-state index contributed by atoms with van der Waals surface area (Å²) in [6, 6.07) is 20.5. The van der Waals surface area contributed by atoms with E-state index in [0.29, 0.717) is 6.61 Å². The van der Waals surface area contributed by atoms with Crippen molar-refractivity contribution in [3.05, 3.63) is 83.9 Å². The molecular formula is C20H23NO2. The third kappa shape index (κ3) is 6.49. The van der Waals surface area contributed by atoms with Gasteiger partial charge in [-0.3, -0.25) is 0 Å². The van der Waals surface area contributed by atoms with E-state index in [1.165, 1.54) is 17.2 Å². The quantitative estimate of drug-likeness (QED) is 0.599. The molecule has 1 N–H and O–H groups in total. The molecule has 0 heterocycles. The van der Waals surface area contributed by atoms with Crippen LogP contribution < -0.4 is 5.32 Å². The van der Waals surface area contributed by atoms with Gasteiger partial charge in [0, 0.05) is 18.7 Å². The van der Waals surface area contributed by atoms with Crippen molar-refractivity contribution in [3.63, 3.8) is 0 Å². The lowest BCUT2D eigenvalue weighted by Gasteiger charge is -2.15. The highest BCUT2D eigenvalue weighted by Crippen LogP contribution is 2.06. The van der Waals surface area contributed by atoms with E-state index < -0.39 is 0 Å². The standard InChI is InChI=1S/C20H23NO2/c1-2-23-20(22)14-13-19(15-17-9-5-3-6-10-17)21-16-18-11-7-4-8-12-18/h3-14,19,21H,2,15-16H2,1H3/b14-13+/t19-/m1/s1. The molecule has 120 valence electrons. The van der Waals surface area contributed by atoms with Crippen molar-refractivity contribution in [3.8, 4) is 0 Å². The Labute approximate surface area is 138 Å². The first-order valence-corrected chi connectivity index (χ1v) is 7.94. The smallest absolute Gasteiger partial charge is 0.330 e. The predicted octanol–water partition coefficient (Wildman–Crippen LogP) is 3.51. The minimum absolute atomic E-state index is 0.0713. The summed E-state index contributed by atoms with van der Waals surface area (Å²) < 4.78 is 4.95. The molecule has 0 aromatic heterocycles. The van der Waals surface area contributed by atoms with Crippen molar-refractivity contribution in [1.29, 1.82) is 0 Å². The van der Waals surface area contributed by atoms with Gasteiger partial charge >= 0.3 is 5.97 Å². The van der Waals surface area contributed by atoms with Gasteiger partial charge < -0.3 is 10.1 Å². The molecule has 2 aromatic carbocycles. The molecule has 0 bridgehead atoms. The lowest BCUT2D eigenvalue weighted by Crippen LogP contribution is -2.29. The molecule has 0 aliphatic carbocycles. The average Bonchev–Trinajstić information content (AvgIpc) is 2.59. The van der Waals surface area contributed by atoms with E-state index in [4.69, 9.17) is 4.74 Å². The summed E-state index contributed by atoms with van der Waals surface area (Å²) in [5.74, 6) is -0.299. The molecule has 3 nitrogen and oxygen atoms in total. The lowest BCUT2D eigenvalue weighted by molar-refractivity contribution is -0.137. The van der Waals surface area contributed by atoms with Gasteiger partial charge in [0.2, 0.25) is 0 Å². The maximum Gasteiger partial charge on any atom is 0.330 e. The Morgan fingerprint density at radius 3 is 2.26 bits per heavy atom. The number of carbonyl (C=O) groups is 1. The van der Waals surface area contributed by atoms with E-state index in [9.17, 15) is 4.79 Å². The van der Waals surface area contributed by atoms with E-state index in [2.05, 4.69) is 29.6 Å². The van der Waals surface area contributed by atoms with Gasteiger partial charge in [-0.25, -0.2) is 4.79 Å². The first kappa shape index (κ1) is 17.0. The second-order valence-corrected chi connectivity index (χ2v) is 5.27. The van der Waals surface area contributed by atoms with Crippen LogP contribution in [0.4, 0.5) is 0 Å². The maximum atomic E-state index is 11.5. The van der Waals surface area contributed by atoms with Gasteiger partial charge in [0.15, 0.2) is 0 Å². The van der Waals surface area contributed by atoms with Crippen LogP contribution in [0.1, 0.15) is 18.1 Å². The van der Waals surface area contributed by atoms with Crippen LogP contribution in [0.2, 0.25) is 0 Å². The van der Waals surface area contributed by atoms with E-state index in [1.807, 2.05) is 42.5 Å². The Morgan fingerprint density at radius 2 is 1.65 bits per heavy atom. The molecular weight excluding hydrogens is 286 g/mol. The van der Waals surface area contributed by atoms with Gasteiger partial charge in [0.1, 0.15) is 0 Å². The SMILES string of the molecule is CCOC(=O)/C=C/[C@H](Cc1ccccc1)NCc1ccccc1. The van der Waals surface area contributed by atoms with Crippen molar-refractivity contribution in [1.82, 2.24) is 5.32 Å². The zero-order valence-electron chi connectivity index (χ0n) is 13.4. The summed E-state index contributed by atoms with van der Waals surface area (Å²) in [5.41, 5.74) is 2.45. The monoisotopic (exact) mass is 309 g/mol. The number of ether oxygens (including phenoxy) is 1. The summed E-state index contributed by atoms with van der Waals surface area (Å²) in [5, 5.41) is 3.49. The molecule has 0 aliphatic heterocycles. The molecule has 0 fully saturated rings. The zero-order chi connectivity index (χ0) is 16.3. The minimum atomic E-state index is -0.299. The molecule has 0 saturated carbocycles. The molecule has 0 radical (unpaired) electrons. The molecule has 23 heavy (non-hydrogen) atoms. The van der Waals surface area contributed by atoms with Gasteiger partial charge in [-0.15, -0.1) is 0 Å². The number of nitrogens with one attached hydrogen (secondary N) is 1. The van der Waals surface area contributed by atoms with Crippen LogP contribution in [0.5, 0.6) is 0 Å². The Kier molecular flexibility index (Phi) is 7.08. The van der Waals surface area contributed by atoms with E-state index in [-0.39, 0.29) is 12.0 Å². The maximum absolute atomic E-state index is 11.5. The summed E-state index contributed by atoms with van der Waals surface area (Å²) in [6.07, 6.45) is 4.21. The largest absolute Gasteiger partial charge is 0.463 e. The Balaban J connectivity index is 1.99. The van der Waals surface area contributed by atoms with E-state index in [0.717, 1.165) is 13.0 Å². The van der Waals surface area contributed by atoms with Gasteiger partial charge in [-0.1, -0.05) is 66.7 Å². The molecule has 2 rings (SSSR count). The summed E-state index contributed by atoms with van der Waals surface area (Å²) in [7, 11) is 0. The molecule has 0 aliphatic rings. The number of benzene rings is 2. The summed E-state index contributed by atoms with van der Waals surface area (Å²) in [6.45, 7) is 2.95. The molecule has 0 unspecified atom stereocenters. The van der Waals surface area contributed by atoms with Crippen molar-refractivity contribution >= 4 is 5.97 Å². The Morgan fingerprint density at radius 1 is 1.04 bits per heavy atom. The van der Waals surface area contributed by atoms with Crippen molar-refractivity contribution < 1.29 is 9.53 Å². The van der Waals surface area contributed by atoms with Crippen LogP contribution in [0.15, 0.2) is 72.8 Å². The first-order valence-electron chi connectivity index (χ1n) is 7.94. The molecule has 1 atom stereocenters. The topological polar surface area (TPSA) is 38.3 Å². The molecule has 0 spiro atoms. The molecule has 0 amide bonds. The van der Waals surface area contributed by atoms with Gasteiger partial charge in [-0.2, -0.15) is 0 Å². The van der Waals surface area contributed by atoms with E-state index in [1.54, 1.807) is 6.92 Å². The fourth-order valence-electron chi connectivity index (χ4n) is 2.31. The highest BCUT2D eigenvalue weighted by molar-refractivity contribution is 5.82. The second-order valence-electron chi connectivity index (χ2n) is 5.27. The predicted molar refractivity (Wildman–Crippen MR) is 93.0 cm³/mol. The first-order chi connectivity index (χ1) is 11.3. The van der Waals surface area contributed by atoms with Crippen LogP contribution >= 0.6 is 0 Å². The normalized spacial score (nSPS) is 12.2. The Bertz CT molecular complexity index is 608. The number of carbonyl (C=O) groups excluding carboxylic acids is 1. The van der Waals surface area contributed by atoms with Crippen molar-refractivity contribution in [2.45, 2.75) is 25.9 Å². The number of esters is 1. The van der Waals surface area contributed by atoms with Gasteiger partial charge in [-0.05, 0) is 24.5 Å². The third-order valence-electron chi connectivity index (χ3n) is 3.46. The molecule has 0 saturated heterocycles. The summed E-state index contributed by atoms with van der Waals surface area (Å²) in [4.78, 5) is 11.5. The lowest BCUT2D eigenvalue weighted by atomic mass is 10.0. The Hall–Kier alpha value is -2.39. The average molecular weight is 309 g/mol. The number of rotatable bonds is 8. The van der Waals surface area contributed by atoms with Gasteiger partial charge in [0.25, 0.3) is 0 Å². The zero-order valence-corrected chi connectivity index (χ0v) is 13.4. The van der Waals surface area contributed by atoms with Crippen molar-refractivity contribution in [2.75, 3.05) is 6.61 Å². The van der Waals surface area contributed by atoms with Crippen LogP contribution in [-0.2, 0) is 22.5 Å². The molecule has 3 heteroatoms. The van der Waals surface area contributed by atoms with Crippen molar-refractivity contribution in [2.24, 2.45) is 0 Å². The molecule has 2 aromatic rings. The summed E-state index contributed by atoms with van der Waals surface area (Å²) >= 11 is 0. The number of hydrogen-bond acceptors (Lipinski definition) is 3. The van der Waals surface area contributed by atoms with Crippen LogP contribution in [0.25, 0.3) is 0 Å². The van der Waals surface area contributed by atoms with Crippen LogP contribution in [-0.4, -0.2) is 18.6 Å². The number of hydrogen-bond donors (Lipinski definition) is 1. The second kappa shape index (κ2) is 9.59. The fourth-order valence-corrected chi connectivity index (χ4v) is 2.31. The van der Waals surface area contributed by atoms with Crippen LogP contribution in [0.3, 0.4) is 0 Å². The van der Waals surface area contributed by atoms with Gasteiger partial charge in [0.05, 0.1) is 6.61 Å². The highest BCUT2D eigenvalue weighted by Gasteiger charge is 2.07. The van der Waals surface area contributed by atoms with E-state index >= 15 is 0 Å². The highest BCUT2D eigenvalue weighted by atomic mass is 16.5.